The van der Waals surface area contributed by atoms with Crippen molar-refractivity contribution >= 4 is 22.0 Å². The zero-order valence-corrected chi connectivity index (χ0v) is 13.5. The van der Waals surface area contributed by atoms with E-state index < -0.39 is 6.09 Å². The number of nitrogens with one attached hydrogen (secondary N) is 1. The van der Waals surface area contributed by atoms with E-state index in [1.165, 1.54) is 0 Å². The Kier molecular flexibility index (Phi) is 6.63. The first kappa shape index (κ1) is 16.2. The largest absolute Gasteiger partial charge is 0.490 e. The van der Waals surface area contributed by atoms with Crippen molar-refractivity contribution in [2.24, 2.45) is 0 Å². The van der Waals surface area contributed by atoms with Gasteiger partial charge in [0, 0.05) is 6.54 Å². The molecule has 0 radical (unpaired) electrons. The van der Waals surface area contributed by atoms with Crippen molar-refractivity contribution in [3.63, 3.8) is 0 Å². The fourth-order valence-electron chi connectivity index (χ4n) is 1.60. The third kappa shape index (κ3) is 6.09. The van der Waals surface area contributed by atoms with Crippen molar-refractivity contribution in [2.45, 2.75) is 13.0 Å². The first-order chi connectivity index (χ1) is 10.7. The van der Waals surface area contributed by atoms with Gasteiger partial charge in [-0.3, -0.25) is 0 Å². The maximum atomic E-state index is 11.5. The number of halogens is 1. The lowest BCUT2D eigenvalue weighted by Gasteiger charge is -2.08. The predicted molar refractivity (Wildman–Crippen MR) is 84.5 cm³/mol. The van der Waals surface area contributed by atoms with Crippen molar-refractivity contribution < 1.29 is 14.3 Å². The number of alkyl carbamates (subject to hydrolysis) is 1. The summed E-state index contributed by atoms with van der Waals surface area (Å²) in [7, 11) is 0. The Labute approximate surface area is 137 Å². The molecule has 116 valence electrons. The number of nitrogens with zero attached hydrogens (tertiary/aromatic N) is 2. The van der Waals surface area contributed by atoms with Crippen LogP contribution >= 0.6 is 15.9 Å². The topological polar surface area (TPSA) is 73.3 Å². The number of rotatable bonds is 7. The standard InChI is InChI=1S/C15H16BrN3O3/c16-14-18-9-13(10-19-14)21-8-4-7-17-15(20)22-11-12-5-2-1-3-6-12/h1-3,5-6,9-10H,4,7-8,11H2,(H,17,20). The molecule has 0 aliphatic carbocycles. The van der Waals surface area contributed by atoms with E-state index in [0.717, 1.165) is 5.56 Å². The molecule has 1 amide bonds. The summed E-state index contributed by atoms with van der Waals surface area (Å²) in [6, 6.07) is 9.53. The number of ether oxygens (including phenoxy) is 2. The van der Waals surface area contributed by atoms with Crippen LogP contribution in [-0.4, -0.2) is 29.2 Å². The summed E-state index contributed by atoms with van der Waals surface area (Å²) in [5.74, 6) is 0.592. The van der Waals surface area contributed by atoms with Gasteiger partial charge in [-0.15, -0.1) is 0 Å². The molecule has 0 aliphatic heterocycles. The summed E-state index contributed by atoms with van der Waals surface area (Å²) < 4.78 is 11.0. The second-order valence-electron chi connectivity index (χ2n) is 4.38. The molecule has 0 saturated carbocycles. The van der Waals surface area contributed by atoms with E-state index in [4.69, 9.17) is 9.47 Å². The number of hydrogen-bond acceptors (Lipinski definition) is 5. The first-order valence-electron chi connectivity index (χ1n) is 6.79. The van der Waals surface area contributed by atoms with E-state index >= 15 is 0 Å². The first-order valence-corrected chi connectivity index (χ1v) is 7.58. The molecule has 6 nitrogen and oxygen atoms in total. The lowest BCUT2D eigenvalue weighted by molar-refractivity contribution is 0.139. The zero-order valence-electron chi connectivity index (χ0n) is 11.9. The van der Waals surface area contributed by atoms with Gasteiger partial charge in [0.15, 0.2) is 10.5 Å². The van der Waals surface area contributed by atoms with Crippen LogP contribution in [0.4, 0.5) is 4.79 Å². The number of hydrogen-bond donors (Lipinski definition) is 1. The van der Waals surface area contributed by atoms with Gasteiger partial charge in [-0.25, -0.2) is 14.8 Å². The van der Waals surface area contributed by atoms with Gasteiger partial charge in [-0.1, -0.05) is 30.3 Å². The van der Waals surface area contributed by atoms with E-state index in [0.29, 0.717) is 30.1 Å². The summed E-state index contributed by atoms with van der Waals surface area (Å²) >= 11 is 3.15. The zero-order chi connectivity index (χ0) is 15.6. The van der Waals surface area contributed by atoms with Gasteiger partial charge >= 0.3 is 6.09 Å². The molecule has 0 saturated heterocycles. The summed E-state index contributed by atoms with van der Waals surface area (Å²) in [6.07, 6.45) is 3.39. The van der Waals surface area contributed by atoms with E-state index in [9.17, 15) is 4.79 Å². The van der Waals surface area contributed by atoms with Crippen molar-refractivity contribution in [3.05, 3.63) is 53.0 Å². The molecule has 0 atom stereocenters. The Hall–Kier alpha value is -2.15. The molecular weight excluding hydrogens is 350 g/mol. The average Bonchev–Trinajstić information content (AvgIpc) is 2.55. The lowest BCUT2D eigenvalue weighted by Crippen LogP contribution is -2.26. The third-order valence-electron chi connectivity index (χ3n) is 2.67. The molecule has 22 heavy (non-hydrogen) atoms. The third-order valence-corrected chi connectivity index (χ3v) is 3.08. The van der Waals surface area contributed by atoms with E-state index in [1.807, 2.05) is 30.3 Å². The Bertz CT molecular complexity index is 578. The SMILES string of the molecule is O=C(NCCCOc1cnc(Br)nc1)OCc1ccccc1. The van der Waals surface area contributed by atoms with E-state index in [1.54, 1.807) is 12.4 Å². The minimum Gasteiger partial charge on any atom is -0.490 e. The summed E-state index contributed by atoms with van der Waals surface area (Å²) in [5.41, 5.74) is 0.955. The maximum absolute atomic E-state index is 11.5. The highest BCUT2D eigenvalue weighted by Crippen LogP contribution is 2.09. The Morgan fingerprint density at radius 2 is 1.91 bits per heavy atom. The second kappa shape index (κ2) is 8.99. The van der Waals surface area contributed by atoms with Crippen LogP contribution in [0.5, 0.6) is 5.75 Å². The fraction of sp³-hybridized carbons (Fsp3) is 0.267. The summed E-state index contributed by atoms with van der Waals surface area (Å²) in [4.78, 5) is 19.4. The smallest absolute Gasteiger partial charge is 0.407 e. The van der Waals surface area contributed by atoms with Crippen molar-refractivity contribution in [1.29, 1.82) is 0 Å². The molecule has 0 bridgehead atoms. The quantitative estimate of drug-likeness (QED) is 0.603. The van der Waals surface area contributed by atoms with Crippen LogP contribution in [0.1, 0.15) is 12.0 Å². The van der Waals surface area contributed by atoms with E-state index in [-0.39, 0.29) is 6.61 Å². The van der Waals surface area contributed by atoms with Crippen LogP contribution < -0.4 is 10.1 Å². The Morgan fingerprint density at radius 3 is 2.64 bits per heavy atom. The molecule has 1 aromatic heterocycles. The maximum Gasteiger partial charge on any atom is 0.407 e. The number of aromatic nitrogens is 2. The number of carbonyl (C=O) groups excluding carboxylic acids is 1. The minimum absolute atomic E-state index is 0.263. The molecule has 0 unspecified atom stereocenters. The Balaban J connectivity index is 1.54. The molecule has 2 aromatic rings. The van der Waals surface area contributed by atoms with Gasteiger partial charge in [0.1, 0.15) is 6.61 Å². The summed E-state index contributed by atoms with van der Waals surface area (Å²) in [5, 5.41) is 2.67. The average molecular weight is 366 g/mol. The second-order valence-corrected chi connectivity index (χ2v) is 5.09. The van der Waals surface area contributed by atoms with Crippen LogP contribution in [-0.2, 0) is 11.3 Å². The molecule has 7 heteroatoms. The highest BCUT2D eigenvalue weighted by molar-refractivity contribution is 9.10. The van der Waals surface area contributed by atoms with Crippen LogP contribution in [0.25, 0.3) is 0 Å². The fourth-order valence-corrected chi connectivity index (χ4v) is 1.81. The molecule has 1 heterocycles. The summed E-state index contributed by atoms with van der Waals surface area (Å²) in [6.45, 7) is 1.20. The van der Waals surface area contributed by atoms with Gasteiger partial charge in [-0.05, 0) is 27.9 Å². The minimum atomic E-state index is -0.434. The molecule has 1 N–H and O–H groups in total. The van der Waals surface area contributed by atoms with Gasteiger partial charge in [0.25, 0.3) is 0 Å². The predicted octanol–water partition coefficient (Wildman–Crippen LogP) is 2.93. The monoisotopic (exact) mass is 365 g/mol. The molecule has 0 spiro atoms. The van der Waals surface area contributed by atoms with Crippen LogP contribution in [0.2, 0.25) is 0 Å². The van der Waals surface area contributed by atoms with Gasteiger partial charge < -0.3 is 14.8 Å². The molecule has 2 rings (SSSR count). The van der Waals surface area contributed by atoms with Crippen molar-refractivity contribution in [2.75, 3.05) is 13.2 Å². The number of amides is 1. The van der Waals surface area contributed by atoms with Crippen molar-refractivity contribution in [1.82, 2.24) is 15.3 Å². The van der Waals surface area contributed by atoms with Crippen LogP contribution in [0.15, 0.2) is 47.5 Å². The molecule has 1 aromatic carbocycles. The van der Waals surface area contributed by atoms with Crippen molar-refractivity contribution in [3.8, 4) is 5.75 Å². The van der Waals surface area contributed by atoms with Crippen LogP contribution in [0, 0.1) is 0 Å². The van der Waals surface area contributed by atoms with Gasteiger partial charge in [0.2, 0.25) is 0 Å². The van der Waals surface area contributed by atoms with Gasteiger partial charge in [-0.2, -0.15) is 0 Å². The van der Waals surface area contributed by atoms with Crippen LogP contribution in [0.3, 0.4) is 0 Å². The highest BCUT2D eigenvalue weighted by atomic mass is 79.9. The highest BCUT2D eigenvalue weighted by Gasteiger charge is 2.02. The van der Waals surface area contributed by atoms with Gasteiger partial charge in [0.05, 0.1) is 19.0 Å². The molecule has 0 fully saturated rings. The Morgan fingerprint density at radius 1 is 1.18 bits per heavy atom. The molecule has 0 aliphatic rings. The normalized spacial score (nSPS) is 10.0. The van der Waals surface area contributed by atoms with E-state index in [2.05, 4.69) is 31.2 Å². The lowest BCUT2D eigenvalue weighted by atomic mass is 10.2. The molecular formula is C15H16BrN3O3. The number of benzene rings is 1. The number of carbonyl (C=O) groups is 1.